The number of methoxy groups -OCH3 is 1. The largest absolute Gasteiger partial charge is 0.507 e. The Hall–Kier alpha value is -1.94. The van der Waals surface area contributed by atoms with Crippen LogP contribution in [-0.4, -0.2) is 32.8 Å². The zero-order chi connectivity index (χ0) is 22.0. The molecule has 0 aliphatic carbocycles. The number of aromatic nitrogens is 2. The summed E-state index contributed by atoms with van der Waals surface area (Å²) in [5.74, 6) is 0.976. The minimum absolute atomic E-state index is 0. The van der Waals surface area contributed by atoms with Crippen LogP contribution in [0.5, 0.6) is 17.2 Å². The number of pyridine rings is 2. The van der Waals surface area contributed by atoms with E-state index in [-0.39, 0.29) is 78.1 Å². The van der Waals surface area contributed by atoms with Gasteiger partial charge in [0.25, 0.3) is 0 Å². The molecular weight excluding hydrogens is 686 g/mol. The van der Waals surface area contributed by atoms with Crippen LogP contribution in [0.15, 0.2) is 66.7 Å². The summed E-state index contributed by atoms with van der Waals surface area (Å²) in [7, 11) is 1.59. The van der Waals surface area contributed by atoms with Crippen LogP contribution in [-0.2, 0) is 23.5 Å². The first-order valence-corrected chi connectivity index (χ1v) is 10.1. The molecule has 0 aliphatic rings. The predicted octanol–water partition coefficient (Wildman–Crippen LogP) is 4.94. The molecule has 2 radical (unpaired) electrons. The first-order chi connectivity index (χ1) is 15.0. The van der Waals surface area contributed by atoms with E-state index in [1.807, 2.05) is 56.3 Å². The normalized spacial score (nSPS) is 9.85. The maximum absolute atomic E-state index is 10.5. The first kappa shape index (κ1) is 30.1. The van der Waals surface area contributed by atoms with E-state index in [9.17, 15) is 10.2 Å². The van der Waals surface area contributed by atoms with Crippen molar-refractivity contribution in [1.82, 2.24) is 9.97 Å². The van der Waals surface area contributed by atoms with Crippen molar-refractivity contribution < 1.29 is 81.6 Å². The zero-order valence-corrected chi connectivity index (χ0v) is 25.1. The van der Waals surface area contributed by atoms with E-state index in [1.165, 1.54) is 0 Å². The van der Waals surface area contributed by atoms with Gasteiger partial charge in [-0.1, -0.05) is 25.1 Å². The maximum atomic E-state index is 10.5. The fourth-order valence-electron chi connectivity index (χ4n) is 3.49. The number of ether oxygens (including phenoxy) is 1. The fourth-order valence-corrected chi connectivity index (χ4v) is 3.49. The summed E-state index contributed by atoms with van der Waals surface area (Å²) >= 11 is 0. The van der Waals surface area contributed by atoms with Crippen LogP contribution in [0.1, 0.15) is 18.1 Å². The number of nitrogens with zero attached hydrogens (tertiary/aromatic N) is 2. The Kier molecular flexibility index (Phi) is 11.7. The van der Waals surface area contributed by atoms with Crippen molar-refractivity contribution >= 4 is 0 Å². The molecule has 2 aromatic carbocycles. The molecule has 0 atom stereocenters. The second-order valence-corrected chi connectivity index (χ2v) is 7.41. The summed E-state index contributed by atoms with van der Waals surface area (Å²) in [4.78, 5) is 9.47. The van der Waals surface area contributed by atoms with Gasteiger partial charge >= 0.3 is 0 Å². The Morgan fingerprint density at radius 2 is 1.35 bits per heavy atom. The Labute approximate surface area is 245 Å². The van der Waals surface area contributed by atoms with Gasteiger partial charge in [-0.3, -0.25) is 0 Å². The molecular formula is C26H26AcMnN2O4. The van der Waals surface area contributed by atoms with Gasteiger partial charge in [0.15, 0.2) is 0 Å². The van der Waals surface area contributed by atoms with Crippen molar-refractivity contribution in [1.29, 1.82) is 0 Å². The molecule has 8 heteroatoms. The number of aryl methyl sites for hydroxylation is 2. The molecule has 0 saturated carbocycles. The Morgan fingerprint density at radius 3 is 2.00 bits per heavy atom. The van der Waals surface area contributed by atoms with Gasteiger partial charge in [-0.2, -0.15) is 0 Å². The summed E-state index contributed by atoms with van der Waals surface area (Å²) in [6, 6.07) is 20.3. The molecule has 0 amide bonds. The molecule has 174 valence electrons. The Morgan fingerprint density at radius 1 is 0.765 bits per heavy atom. The quantitative estimate of drug-likeness (QED) is 0.286. The van der Waals surface area contributed by atoms with Gasteiger partial charge in [0.05, 0.1) is 29.9 Å². The van der Waals surface area contributed by atoms with E-state index in [0.29, 0.717) is 39.7 Å². The molecule has 2 heterocycles. The third kappa shape index (κ3) is 6.59. The molecule has 4 rings (SSSR count). The third-order valence-corrected chi connectivity index (χ3v) is 5.22. The van der Waals surface area contributed by atoms with Crippen LogP contribution in [0.4, 0.5) is 0 Å². The molecule has 34 heavy (non-hydrogen) atoms. The predicted molar refractivity (Wildman–Crippen MR) is 126 cm³/mol. The first-order valence-electron chi connectivity index (χ1n) is 10.1. The molecule has 0 bridgehead atoms. The summed E-state index contributed by atoms with van der Waals surface area (Å²) < 4.78 is 5.47. The third-order valence-electron chi connectivity index (χ3n) is 5.22. The number of hydrogen-bond donors (Lipinski definition) is 2. The van der Waals surface area contributed by atoms with Crippen LogP contribution in [0.3, 0.4) is 0 Å². The fraction of sp³-hybridized carbons (Fsp3) is 0.154. The van der Waals surface area contributed by atoms with E-state index >= 15 is 0 Å². The average molecular weight is 712 g/mol. The van der Waals surface area contributed by atoms with Crippen LogP contribution in [0, 0.1) is 51.0 Å². The van der Waals surface area contributed by atoms with E-state index in [2.05, 4.69) is 0 Å². The van der Waals surface area contributed by atoms with E-state index in [1.54, 1.807) is 31.4 Å². The van der Waals surface area contributed by atoms with Crippen LogP contribution < -0.4 is 4.74 Å². The number of aromatic hydroxyl groups is 2. The molecule has 6 nitrogen and oxygen atoms in total. The Bertz CT molecular complexity index is 1270. The summed E-state index contributed by atoms with van der Waals surface area (Å²) in [5.41, 5.74) is 5.82. The van der Waals surface area contributed by atoms with E-state index in [0.717, 1.165) is 17.5 Å². The van der Waals surface area contributed by atoms with Gasteiger partial charge in [0.2, 0.25) is 0 Å². The second-order valence-electron chi connectivity index (χ2n) is 7.41. The van der Waals surface area contributed by atoms with Gasteiger partial charge in [0, 0.05) is 84.4 Å². The minimum atomic E-state index is 0. The van der Waals surface area contributed by atoms with Crippen molar-refractivity contribution in [3.8, 4) is 51.2 Å². The second kappa shape index (κ2) is 13.2. The molecule has 0 unspecified atom stereocenters. The molecule has 0 spiro atoms. The maximum Gasteiger partial charge on any atom is 0.125 e. The van der Waals surface area contributed by atoms with Crippen molar-refractivity contribution in [2.24, 2.45) is 0 Å². The smallest absolute Gasteiger partial charge is 0.125 e. The van der Waals surface area contributed by atoms with Crippen molar-refractivity contribution in [2.75, 3.05) is 7.11 Å². The standard InChI is InChI=1S/C26H24N2O3.Ac.Mn.H2O/c1-4-17-9-11-19(26(30)13-17)21-6-5-7-22(27-21)24-15-18(31-3)14-23(28-24)20-10-8-16(2)12-25(20)29;;;/h5-15,29-30H,4H2,1-3H3;;;1H2. The summed E-state index contributed by atoms with van der Waals surface area (Å²) in [6.07, 6.45) is 0.851. The van der Waals surface area contributed by atoms with Crippen LogP contribution in [0.2, 0.25) is 0 Å². The summed E-state index contributed by atoms with van der Waals surface area (Å²) in [5, 5.41) is 20.9. The number of rotatable bonds is 5. The van der Waals surface area contributed by atoms with Gasteiger partial charge < -0.3 is 20.4 Å². The van der Waals surface area contributed by atoms with Crippen LogP contribution in [0.25, 0.3) is 33.9 Å². The number of phenolic OH excluding ortho intramolecular Hbond substituents is 2. The van der Waals surface area contributed by atoms with Crippen molar-refractivity contribution in [2.45, 2.75) is 20.3 Å². The van der Waals surface area contributed by atoms with Crippen LogP contribution >= 0.6 is 0 Å². The monoisotopic (exact) mass is 712 g/mol. The number of phenols is 2. The molecule has 0 aliphatic heterocycles. The molecule has 0 saturated heterocycles. The van der Waals surface area contributed by atoms with Gasteiger partial charge in [0.1, 0.15) is 17.2 Å². The molecule has 4 N–H and O–H groups in total. The minimum Gasteiger partial charge on any atom is -0.507 e. The van der Waals surface area contributed by atoms with E-state index < -0.39 is 0 Å². The van der Waals surface area contributed by atoms with Gasteiger partial charge in [-0.25, -0.2) is 9.97 Å². The van der Waals surface area contributed by atoms with E-state index in [4.69, 9.17) is 14.7 Å². The molecule has 4 aromatic rings. The number of hydrogen-bond acceptors (Lipinski definition) is 5. The Balaban J connectivity index is 0.00000193. The van der Waals surface area contributed by atoms with Gasteiger partial charge in [-0.15, -0.1) is 0 Å². The zero-order valence-electron chi connectivity index (χ0n) is 19.2. The molecule has 0 fully saturated rings. The molecule has 2 aromatic heterocycles. The average Bonchev–Trinajstić information content (AvgIpc) is 2.78. The van der Waals surface area contributed by atoms with Gasteiger partial charge in [-0.05, 0) is 60.9 Å². The SMILES string of the molecule is CCc1ccc(-c2cccc(-c3cc(OC)cc(-c4ccc(C)cc4O)n3)n2)c(O)c1.O.[Ac].[Mn]. The van der Waals surface area contributed by atoms with Crippen molar-refractivity contribution in [3.63, 3.8) is 0 Å². The van der Waals surface area contributed by atoms with Crippen molar-refractivity contribution in [3.05, 3.63) is 77.9 Å². The topological polar surface area (TPSA) is 107 Å². The summed E-state index contributed by atoms with van der Waals surface area (Å²) in [6.45, 7) is 3.97. The number of benzene rings is 2.